The van der Waals surface area contributed by atoms with Gasteiger partial charge in [-0.05, 0) is 30.5 Å². The predicted octanol–water partition coefficient (Wildman–Crippen LogP) is 2.06. The van der Waals surface area contributed by atoms with Crippen molar-refractivity contribution in [3.05, 3.63) is 34.9 Å². The molecule has 1 fully saturated rings. The minimum Gasteiger partial charge on any atom is -0.274 e. The molecule has 1 aromatic carbocycles. The molecule has 1 amide bonds. The lowest BCUT2D eigenvalue weighted by Gasteiger charge is -2.38. The Labute approximate surface area is 105 Å². The Hall–Kier alpha value is -1.07. The van der Waals surface area contributed by atoms with Gasteiger partial charge in [0.2, 0.25) is 5.91 Å². The number of aryl methyl sites for hydroxylation is 1. The Morgan fingerprint density at radius 2 is 2.00 bits per heavy atom. The summed E-state index contributed by atoms with van der Waals surface area (Å²) in [6.45, 7) is 3.85. The van der Waals surface area contributed by atoms with Crippen LogP contribution >= 0.6 is 10.7 Å². The van der Waals surface area contributed by atoms with E-state index in [4.69, 9.17) is 10.7 Å². The van der Waals surface area contributed by atoms with Gasteiger partial charge in [-0.15, -0.1) is 0 Å². The van der Waals surface area contributed by atoms with Crippen LogP contribution in [0.2, 0.25) is 0 Å². The summed E-state index contributed by atoms with van der Waals surface area (Å²) < 4.78 is 23.3. The number of hydrogen-bond acceptors (Lipinski definition) is 3. The average Bonchev–Trinajstić information content (AvgIpc) is 2.16. The van der Waals surface area contributed by atoms with Crippen molar-refractivity contribution < 1.29 is 13.2 Å². The smallest absolute Gasteiger partial charge is 0.274 e. The van der Waals surface area contributed by atoms with Crippen LogP contribution in [0.25, 0.3) is 0 Å². The number of carbonyl (C=O) groups is 1. The van der Waals surface area contributed by atoms with Crippen LogP contribution in [-0.2, 0) is 14.0 Å². The topological polar surface area (TPSA) is 54.5 Å². The predicted molar refractivity (Wildman–Crippen MR) is 64.9 cm³/mol. The molecular formula is C11H12ClNO3S. The van der Waals surface area contributed by atoms with Gasteiger partial charge in [0.15, 0.2) is 0 Å². The number of nitrogens with zero attached hydrogens (tertiary/aromatic N) is 1. The highest BCUT2D eigenvalue weighted by atomic mass is 35.7. The van der Waals surface area contributed by atoms with Gasteiger partial charge in [0.05, 0.1) is 12.5 Å². The molecule has 1 aliphatic rings. The summed E-state index contributed by atoms with van der Waals surface area (Å²) in [7, 11) is 1.26. The Kier molecular flexibility index (Phi) is 2.91. The van der Waals surface area contributed by atoms with Crippen molar-refractivity contribution in [1.29, 1.82) is 0 Å². The second-order valence-corrected chi connectivity index (χ2v) is 6.53. The van der Waals surface area contributed by atoms with Crippen molar-refractivity contribution in [2.24, 2.45) is 0 Å². The number of amides is 1. The summed E-state index contributed by atoms with van der Waals surface area (Å²) in [6.07, 6.45) is 0.191. The highest BCUT2D eigenvalue weighted by Gasteiger charge is 2.45. The van der Waals surface area contributed by atoms with Crippen LogP contribution in [0.1, 0.15) is 29.2 Å². The number of carbonyl (C=O) groups excluding carboxylic acids is 1. The van der Waals surface area contributed by atoms with Gasteiger partial charge in [-0.25, -0.2) is 4.31 Å². The van der Waals surface area contributed by atoms with Crippen molar-refractivity contribution in [2.45, 2.75) is 26.3 Å². The molecule has 0 radical (unpaired) electrons. The Morgan fingerprint density at radius 3 is 2.53 bits per heavy atom. The molecule has 2 rings (SSSR count). The quantitative estimate of drug-likeness (QED) is 0.612. The van der Waals surface area contributed by atoms with Gasteiger partial charge in [-0.3, -0.25) is 4.79 Å². The molecule has 1 aliphatic heterocycles. The minimum atomic E-state index is -3.99. The molecule has 92 valence electrons. The molecular weight excluding hydrogens is 262 g/mol. The summed E-state index contributed by atoms with van der Waals surface area (Å²) in [4.78, 5) is 11.3. The zero-order valence-corrected chi connectivity index (χ0v) is 11.0. The molecule has 0 bridgehead atoms. The SMILES string of the molecule is Cc1cccc(C2CC(=O)N2S(=O)(=O)Cl)c1C. The monoisotopic (exact) mass is 273 g/mol. The summed E-state index contributed by atoms with van der Waals surface area (Å²) >= 11 is 0. The van der Waals surface area contributed by atoms with Gasteiger partial charge >= 0.3 is 9.24 Å². The maximum atomic E-state index is 11.3. The fourth-order valence-electron chi connectivity index (χ4n) is 2.04. The first-order valence-corrected chi connectivity index (χ1v) is 7.42. The van der Waals surface area contributed by atoms with E-state index >= 15 is 0 Å². The summed E-state index contributed by atoms with van der Waals surface area (Å²) in [6, 6.07) is 5.16. The van der Waals surface area contributed by atoms with E-state index in [-0.39, 0.29) is 6.42 Å². The molecule has 1 atom stereocenters. The lowest BCUT2D eigenvalue weighted by molar-refractivity contribution is -0.137. The van der Waals surface area contributed by atoms with Crippen molar-refractivity contribution in [2.75, 3.05) is 0 Å². The van der Waals surface area contributed by atoms with Gasteiger partial charge in [0, 0.05) is 10.7 Å². The third-order valence-electron chi connectivity index (χ3n) is 3.14. The lowest BCUT2D eigenvalue weighted by Crippen LogP contribution is -2.48. The van der Waals surface area contributed by atoms with Crippen molar-refractivity contribution in [3.8, 4) is 0 Å². The zero-order valence-electron chi connectivity index (χ0n) is 9.47. The maximum Gasteiger partial charge on any atom is 0.324 e. The van der Waals surface area contributed by atoms with E-state index in [1.54, 1.807) is 0 Å². The lowest BCUT2D eigenvalue weighted by atomic mass is 9.91. The van der Waals surface area contributed by atoms with Crippen LogP contribution in [0, 0.1) is 13.8 Å². The van der Waals surface area contributed by atoms with Gasteiger partial charge in [-0.2, -0.15) is 8.42 Å². The molecule has 1 saturated heterocycles. The first kappa shape index (κ1) is 12.4. The van der Waals surface area contributed by atoms with Gasteiger partial charge in [0.25, 0.3) is 0 Å². The standard InChI is InChI=1S/C11H12ClNO3S/c1-7-4-3-5-9(8(7)2)10-6-11(14)13(10)17(12,15)16/h3-5,10H,6H2,1-2H3. The number of rotatable bonds is 2. The molecule has 0 aliphatic carbocycles. The van der Waals surface area contributed by atoms with E-state index in [0.717, 1.165) is 21.0 Å². The second-order valence-electron chi connectivity index (χ2n) is 4.14. The first-order valence-electron chi connectivity index (χ1n) is 5.15. The Morgan fingerprint density at radius 1 is 1.35 bits per heavy atom. The number of β-lactam (4-membered cyclic amide) rings is 1. The second kappa shape index (κ2) is 3.99. The highest BCUT2D eigenvalue weighted by molar-refractivity contribution is 8.12. The average molecular weight is 274 g/mol. The fraction of sp³-hybridized carbons (Fsp3) is 0.364. The summed E-state index contributed by atoms with van der Waals surface area (Å²) in [5.41, 5.74) is 2.90. The van der Waals surface area contributed by atoms with E-state index in [9.17, 15) is 13.2 Å². The molecule has 0 N–H and O–H groups in total. The molecule has 4 nitrogen and oxygen atoms in total. The normalized spacial score (nSPS) is 20.3. The highest BCUT2D eigenvalue weighted by Crippen LogP contribution is 2.39. The molecule has 1 aromatic rings. The van der Waals surface area contributed by atoms with E-state index in [1.165, 1.54) is 0 Å². The molecule has 0 aromatic heterocycles. The molecule has 17 heavy (non-hydrogen) atoms. The number of halogens is 1. The van der Waals surface area contributed by atoms with E-state index in [0.29, 0.717) is 0 Å². The molecule has 6 heteroatoms. The molecule has 0 saturated carbocycles. The van der Waals surface area contributed by atoms with Crippen LogP contribution in [0.15, 0.2) is 18.2 Å². The fourth-order valence-corrected chi connectivity index (χ4v) is 3.37. The van der Waals surface area contributed by atoms with Crippen LogP contribution in [0.5, 0.6) is 0 Å². The maximum absolute atomic E-state index is 11.3. The van der Waals surface area contributed by atoms with Crippen LogP contribution in [0.4, 0.5) is 0 Å². The Bertz CT molecular complexity index is 582. The largest absolute Gasteiger partial charge is 0.324 e. The minimum absolute atomic E-state index is 0.191. The van der Waals surface area contributed by atoms with Crippen molar-refractivity contribution >= 4 is 25.8 Å². The van der Waals surface area contributed by atoms with Crippen molar-refractivity contribution in [1.82, 2.24) is 4.31 Å². The van der Waals surface area contributed by atoms with E-state index in [1.807, 2.05) is 32.0 Å². The van der Waals surface area contributed by atoms with Gasteiger partial charge in [0.1, 0.15) is 0 Å². The Balaban J connectivity index is 2.43. The van der Waals surface area contributed by atoms with Crippen LogP contribution in [0.3, 0.4) is 0 Å². The first-order chi connectivity index (χ1) is 7.82. The number of hydrogen-bond donors (Lipinski definition) is 0. The molecule has 1 heterocycles. The summed E-state index contributed by atoms with van der Waals surface area (Å²) in [5.74, 6) is -0.453. The third kappa shape index (κ3) is 2.05. The van der Waals surface area contributed by atoms with Crippen molar-refractivity contribution in [3.63, 3.8) is 0 Å². The van der Waals surface area contributed by atoms with Crippen LogP contribution < -0.4 is 0 Å². The van der Waals surface area contributed by atoms with Gasteiger partial charge in [-0.1, -0.05) is 18.2 Å². The molecule has 0 spiro atoms. The number of benzene rings is 1. The van der Waals surface area contributed by atoms with E-state index < -0.39 is 21.2 Å². The van der Waals surface area contributed by atoms with E-state index in [2.05, 4.69) is 0 Å². The zero-order chi connectivity index (χ0) is 12.8. The van der Waals surface area contributed by atoms with Crippen LogP contribution in [-0.4, -0.2) is 18.6 Å². The summed E-state index contributed by atoms with van der Waals surface area (Å²) in [5, 5.41) is 0. The van der Waals surface area contributed by atoms with Gasteiger partial charge < -0.3 is 0 Å². The third-order valence-corrected chi connectivity index (χ3v) is 4.51. The molecule has 1 unspecified atom stereocenters.